The van der Waals surface area contributed by atoms with E-state index < -0.39 is 0 Å². The van der Waals surface area contributed by atoms with Crippen molar-refractivity contribution in [2.24, 2.45) is 0 Å². The molecule has 0 amide bonds. The minimum atomic E-state index is -0.309. The summed E-state index contributed by atoms with van der Waals surface area (Å²) in [5, 5.41) is 11.6. The zero-order valence-electron chi connectivity index (χ0n) is 10.6. The van der Waals surface area contributed by atoms with E-state index in [9.17, 15) is 4.39 Å². The van der Waals surface area contributed by atoms with Gasteiger partial charge < -0.3 is 19.9 Å². The second kappa shape index (κ2) is 8.85. The Labute approximate surface area is 107 Å². The first kappa shape index (κ1) is 14.9. The third-order valence-corrected chi connectivity index (χ3v) is 2.24. The Bertz CT molecular complexity index is 347. The van der Waals surface area contributed by atoms with Crippen LogP contribution in [-0.4, -0.2) is 38.1 Å². The predicted molar refractivity (Wildman–Crippen MR) is 67.2 cm³/mol. The van der Waals surface area contributed by atoms with E-state index >= 15 is 0 Å². The molecule has 0 heterocycles. The Hall–Kier alpha value is -1.17. The highest BCUT2D eigenvalue weighted by Gasteiger charge is 2.01. The molecule has 1 rings (SSSR count). The van der Waals surface area contributed by atoms with Crippen molar-refractivity contribution in [2.45, 2.75) is 13.5 Å². The number of ether oxygens (including phenoxy) is 2. The molecule has 2 N–H and O–H groups in total. The molecular weight excluding hydrogens is 237 g/mol. The lowest BCUT2D eigenvalue weighted by molar-refractivity contribution is 0.0704. The van der Waals surface area contributed by atoms with Crippen molar-refractivity contribution < 1.29 is 19.0 Å². The molecule has 0 bridgehead atoms. The van der Waals surface area contributed by atoms with Crippen LogP contribution in [0.2, 0.25) is 0 Å². The van der Waals surface area contributed by atoms with Crippen molar-refractivity contribution in [1.82, 2.24) is 5.32 Å². The minimum absolute atomic E-state index is 0.00714. The molecular formula is C13H20FNO3. The Morgan fingerprint density at radius 2 is 2.06 bits per heavy atom. The molecule has 0 aliphatic heterocycles. The summed E-state index contributed by atoms with van der Waals surface area (Å²) in [4.78, 5) is 0. The van der Waals surface area contributed by atoms with Gasteiger partial charge in [0.05, 0.1) is 19.8 Å². The van der Waals surface area contributed by atoms with Gasteiger partial charge in [0, 0.05) is 12.6 Å². The fourth-order valence-corrected chi connectivity index (χ4v) is 1.46. The lowest BCUT2D eigenvalue weighted by Gasteiger charge is -2.09. The van der Waals surface area contributed by atoms with E-state index in [2.05, 4.69) is 5.32 Å². The van der Waals surface area contributed by atoms with Gasteiger partial charge in [0.25, 0.3) is 0 Å². The Kier molecular flexibility index (Phi) is 7.32. The Balaban J connectivity index is 2.41. The van der Waals surface area contributed by atoms with Crippen molar-refractivity contribution in [2.75, 3.05) is 33.0 Å². The summed E-state index contributed by atoms with van der Waals surface area (Å²) < 4.78 is 23.7. The molecule has 1 aromatic carbocycles. The maximum atomic E-state index is 13.3. The number of rotatable bonds is 9. The van der Waals surface area contributed by atoms with Gasteiger partial charge in [-0.2, -0.15) is 0 Å². The fourth-order valence-electron chi connectivity index (χ4n) is 1.46. The first-order valence-electron chi connectivity index (χ1n) is 6.08. The van der Waals surface area contributed by atoms with Crippen molar-refractivity contribution >= 4 is 0 Å². The lowest BCUT2D eigenvalue weighted by atomic mass is 10.2. The molecule has 18 heavy (non-hydrogen) atoms. The number of nitrogens with one attached hydrogen (secondary N) is 1. The first-order chi connectivity index (χ1) is 8.76. The largest absolute Gasteiger partial charge is 0.491 e. The van der Waals surface area contributed by atoms with Crippen molar-refractivity contribution in [3.05, 3.63) is 29.6 Å². The van der Waals surface area contributed by atoms with E-state index in [-0.39, 0.29) is 19.0 Å². The SMILES string of the molecule is CCNCc1cc(F)cc(OCCOCCO)c1. The Morgan fingerprint density at radius 3 is 2.78 bits per heavy atom. The third-order valence-electron chi connectivity index (χ3n) is 2.24. The average Bonchev–Trinajstić information content (AvgIpc) is 2.35. The van der Waals surface area contributed by atoms with Crippen LogP contribution in [0.3, 0.4) is 0 Å². The van der Waals surface area contributed by atoms with Crippen molar-refractivity contribution in [3.8, 4) is 5.75 Å². The van der Waals surface area contributed by atoms with Crippen LogP contribution in [-0.2, 0) is 11.3 Å². The normalized spacial score (nSPS) is 10.6. The molecule has 0 aliphatic rings. The van der Waals surface area contributed by atoms with Crippen LogP contribution in [0, 0.1) is 5.82 Å². The molecule has 0 aliphatic carbocycles. The number of hydrogen-bond donors (Lipinski definition) is 2. The second-order valence-corrected chi connectivity index (χ2v) is 3.76. The van der Waals surface area contributed by atoms with E-state index in [1.165, 1.54) is 12.1 Å². The molecule has 0 fully saturated rings. The summed E-state index contributed by atoms with van der Waals surface area (Å²) in [6.07, 6.45) is 0. The first-order valence-corrected chi connectivity index (χ1v) is 6.08. The van der Waals surface area contributed by atoms with Crippen LogP contribution in [0.4, 0.5) is 4.39 Å². The van der Waals surface area contributed by atoms with Crippen LogP contribution in [0.15, 0.2) is 18.2 Å². The summed E-state index contributed by atoms with van der Waals surface area (Å²) in [5.41, 5.74) is 0.850. The number of benzene rings is 1. The fraction of sp³-hybridized carbons (Fsp3) is 0.538. The van der Waals surface area contributed by atoms with Gasteiger partial charge in [-0.1, -0.05) is 6.92 Å². The van der Waals surface area contributed by atoms with E-state index in [4.69, 9.17) is 14.6 Å². The highest BCUT2D eigenvalue weighted by Crippen LogP contribution is 2.16. The van der Waals surface area contributed by atoms with E-state index in [1.807, 2.05) is 6.92 Å². The molecule has 0 radical (unpaired) electrons. The zero-order chi connectivity index (χ0) is 13.2. The van der Waals surface area contributed by atoms with E-state index in [0.717, 1.165) is 12.1 Å². The molecule has 102 valence electrons. The summed E-state index contributed by atoms with van der Waals surface area (Å²) in [5.74, 6) is 0.187. The van der Waals surface area contributed by atoms with Gasteiger partial charge in [0.1, 0.15) is 18.2 Å². The molecule has 0 spiro atoms. The molecule has 0 saturated heterocycles. The maximum absolute atomic E-state index is 13.3. The Morgan fingerprint density at radius 1 is 1.22 bits per heavy atom. The van der Waals surface area contributed by atoms with Crippen LogP contribution < -0.4 is 10.1 Å². The van der Waals surface area contributed by atoms with Crippen LogP contribution in [0.5, 0.6) is 5.75 Å². The zero-order valence-corrected chi connectivity index (χ0v) is 10.6. The second-order valence-electron chi connectivity index (χ2n) is 3.76. The van der Waals surface area contributed by atoms with Gasteiger partial charge in [-0.25, -0.2) is 4.39 Å². The average molecular weight is 257 g/mol. The lowest BCUT2D eigenvalue weighted by Crippen LogP contribution is -2.12. The number of halogens is 1. The van der Waals surface area contributed by atoms with Gasteiger partial charge >= 0.3 is 0 Å². The summed E-state index contributed by atoms with van der Waals surface area (Å²) in [6, 6.07) is 4.64. The maximum Gasteiger partial charge on any atom is 0.127 e. The van der Waals surface area contributed by atoms with Gasteiger partial charge in [0.2, 0.25) is 0 Å². The quantitative estimate of drug-likeness (QED) is 0.655. The number of aliphatic hydroxyl groups excluding tert-OH is 1. The van der Waals surface area contributed by atoms with Crippen LogP contribution in [0.25, 0.3) is 0 Å². The molecule has 1 aromatic rings. The topological polar surface area (TPSA) is 50.7 Å². The highest BCUT2D eigenvalue weighted by atomic mass is 19.1. The van der Waals surface area contributed by atoms with E-state index in [1.54, 1.807) is 6.07 Å². The van der Waals surface area contributed by atoms with Gasteiger partial charge in [-0.3, -0.25) is 0 Å². The molecule has 4 nitrogen and oxygen atoms in total. The molecule has 0 atom stereocenters. The van der Waals surface area contributed by atoms with Crippen LogP contribution >= 0.6 is 0 Å². The van der Waals surface area contributed by atoms with E-state index in [0.29, 0.717) is 25.5 Å². The number of aliphatic hydroxyl groups is 1. The van der Waals surface area contributed by atoms with Gasteiger partial charge in [-0.15, -0.1) is 0 Å². The predicted octanol–water partition coefficient (Wildman–Crippen LogP) is 1.32. The molecule has 0 saturated carbocycles. The minimum Gasteiger partial charge on any atom is -0.491 e. The molecule has 5 heteroatoms. The number of hydrogen-bond acceptors (Lipinski definition) is 4. The summed E-state index contributed by atoms with van der Waals surface area (Å²) in [7, 11) is 0. The van der Waals surface area contributed by atoms with Crippen molar-refractivity contribution in [1.29, 1.82) is 0 Å². The van der Waals surface area contributed by atoms with Crippen molar-refractivity contribution in [3.63, 3.8) is 0 Å². The standard InChI is InChI=1S/C13H20FNO3/c1-2-15-10-11-7-12(14)9-13(8-11)18-6-5-17-4-3-16/h7-9,15-16H,2-6,10H2,1H3. The van der Waals surface area contributed by atoms with Crippen LogP contribution in [0.1, 0.15) is 12.5 Å². The monoisotopic (exact) mass is 257 g/mol. The van der Waals surface area contributed by atoms with Gasteiger partial charge in [0.15, 0.2) is 0 Å². The third kappa shape index (κ3) is 5.95. The van der Waals surface area contributed by atoms with Gasteiger partial charge in [-0.05, 0) is 24.2 Å². The molecule has 0 aromatic heterocycles. The summed E-state index contributed by atoms with van der Waals surface area (Å²) >= 11 is 0. The highest BCUT2D eigenvalue weighted by molar-refractivity contribution is 5.29. The summed E-state index contributed by atoms with van der Waals surface area (Å²) in [6.45, 7) is 4.44. The smallest absolute Gasteiger partial charge is 0.127 e. The molecule has 0 unspecified atom stereocenters.